The van der Waals surface area contributed by atoms with Gasteiger partial charge in [0.1, 0.15) is 6.04 Å². The van der Waals surface area contributed by atoms with Crippen LogP contribution in [0.4, 0.5) is 0 Å². The van der Waals surface area contributed by atoms with Crippen LogP contribution in [0.3, 0.4) is 0 Å². The minimum atomic E-state index is -0.722. The summed E-state index contributed by atoms with van der Waals surface area (Å²) in [6, 6.07) is 5.38. The van der Waals surface area contributed by atoms with Crippen LogP contribution in [0.15, 0.2) is 24.4 Å². The van der Waals surface area contributed by atoms with Crippen LogP contribution < -0.4 is 0 Å². The Kier molecular flexibility index (Phi) is 3.21. The Morgan fingerprint density at radius 2 is 2.37 bits per heavy atom. The molecule has 1 aliphatic rings. The van der Waals surface area contributed by atoms with Gasteiger partial charge < -0.3 is 10.1 Å². The van der Waals surface area contributed by atoms with Crippen LogP contribution in [-0.2, 0) is 11.3 Å². The molecular weight excluding hydrogens is 264 g/mol. The molecule has 0 saturated carbocycles. The van der Waals surface area contributed by atoms with Gasteiger partial charge in [-0.15, -0.1) is 0 Å². The van der Waals surface area contributed by atoms with E-state index in [4.69, 9.17) is 11.6 Å². The van der Waals surface area contributed by atoms with Crippen LogP contribution >= 0.6 is 11.6 Å². The number of aromatic amines is 1. The number of hydrogen-bond acceptors (Lipinski definition) is 2. The summed E-state index contributed by atoms with van der Waals surface area (Å²) in [5.74, 6) is -0.722. The Labute approximate surface area is 116 Å². The van der Waals surface area contributed by atoms with Crippen LogP contribution in [0.1, 0.15) is 18.4 Å². The highest BCUT2D eigenvalue weighted by Crippen LogP contribution is 2.26. The summed E-state index contributed by atoms with van der Waals surface area (Å²) in [7, 11) is 0. The zero-order valence-corrected chi connectivity index (χ0v) is 11.2. The van der Waals surface area contributed by atoms with Crippen LogP contribution in [0.2, 0.25) is 5.02 Å². The largest absolute Gasteiger partial charge is 0.480 e. The van der Waals surface area contributed by atoms with Crippen LogP contribution in [0, 0.1) is 0 Å². The third kappa shape index (κ3) is 2.33. The minimum absolute atomic E-state index is 0.350. The number of nitrogens with zero attached hydrogens (tertiary/aromatic N) is 1. The molecule has 0 bridgehead atoms. The summed E-state index contributed by atoms with van der Waals surface area (Å²) in [5.41, 5.74) is 2.12. The molecule has 0 aliphatic carbocycles. The second-order valence-electron chi connectivity index (χ2n) is 4.97. The van der Waals surface area contributed by atoms with Crippen molar-refractivity contribution in [2.24, 2.45) is 0 Å². The zero-order valence-electron chi connectivity index (χ0n) is 10.4. The minimum Gasteiger partial charge on any atom is -0.480 e. The summed E-state index contributed by atoms with van der Waals surface area (Å²) in [6.07, 6.45) is 3.63. The molecule has 100 valence electrons. The maximum Gasteiger partial charge on any atom is 0.320 e. The van der Waals surface area contributed by atoms with Gasteiger partial charge in [-0.3, -0.25) is 9.69 Å². The SMILES string of the molecule is O=C(O)C1CCCN1Cc1c[nH]c2cc(Cl)ccc12. The number of aliphatic carboxylic acids is 1. The second kappa shape index (κ2) is 4.87. The number of carboxylic acid groups (broad SMARTS) is 1. The lowest BCUT2D eigenvalue weighted by Crippen LogP contribution is -2.35. The van der Waals surface area contributed by atoms with Crippen LogP contribution in [0.25, 0.3) is 10.9 Å². The fourth-order valence-electron chi connectivity index (χ4n) is 2.80. The number of nitrogens with one attached hydrogen (secondary N) is 1. The van der Waals surface area contributed by atoms with E-state index >= 15 is 0 Å². The fourth-order valence-corrected chi connectivity index (χ4v) is 2.98. The lowest BCUT2D eigenvalue weighted by Gasteiger charge is -2.20. The Morgan fingerprint density at radius 1 is 1.53 bits per heavy atom. The highest BCUT2D eigenvalue weighted by Gasteiger charge is 2.30. The first-order chi connectivity index (χ1) is 9.15. The summed E-state index contributed by atoms with van der Waals surface area (Å²) >= 11 is 5.95. The zero-order chi connectivity index (χ0) is 13.4. The predicted molar refractivity (Wildman–Crippen MR) is 74.4 cm³/mol. The van der Waals surface area contributed by atoms with Gasteiger partial charge in [-0.25, -0.2) is 0 Å². The maximum atomic E-state index is 11.2. The van der Waals surface area contributed by atoms with Crippen molar-refractivity contribution < 1.29 is 9.90 Å². The number of H-pyrrole nitrogens is 1. The van der Waals surface area contributed by atoms with Crippen molar-refractivity contribution in [1.29, 1.82) is 0 Å². The fraction of sp³-hybridized carbons (Fsp3) is 0.357. The molecule has 2 heterocycles. The molecule has 3 rings (SSSR count). The number of likely N-dealkylation sites (tertiary alicyclic amines) is 1. The molecule has 0 spiro atoms. The normalized spacial score (nSPS) is 20.2. The van der Waals surface area contributed by atoms with E-state index in [1.54, 1.807) is 0 Å². The molecule has 1 unspecified atom stereocenters. The molecule has 19 heavy (non-hydrogen) atoms. The van der Waals surface area contributed by atoms with Crippen molar-refractivity contribution in [2.45, 2.75) is 25.4 Å². The van der Waals surface area contributed by atoms with Crippen LogP contribution in [-0.4, -0.2) is 33.5 Å². The third-order valence-electron chi connectivity index (χ3n) is 3.75. The molecule has 0 amide bonds. The monoisotopic (exact) mass is 278 g/mol. The van der Waals surface area contributed by atoms with Gasteiger partial charge in [0.2, 0.25) is 0 Å². The Morgan fingerprint density at radius 3 is 3.16 bits per heavy atom. The van der Waals surface area contributed by atoms with Gasteiger partial charge in [0.15, 0.2) is 0 Å². The standard InChI is InChI=1S/C14H15ClN2O2/c15-10-3-4-11-9(7-16-12(11)6-10)8-17-5-1-2-13(17)14(18)19/h3-4,6-7,13,16H,1-2,5,8H2,(H,18,19). The lowest BCUT2D eigenvalue weighted by molar-refractivity contribution is -0.142. The van der Waals surface area contributed by atoms with Crippen molar-refractivity contribution in [3.8, 4) is 0 Å². The van der Waals surface area contributed by atoms with Crippen molar-refractivity contribution >= 4 is 28.5 Å². The van der Waals surface area contributed by atoms with Gasteiger partial charge in [-0.2, -0.15) is 0 Å². The summed E-state index contributed by atoms with van der Waals surface area (Å²) in [5, 5.41) is 11.0. The van der Waals surface area contributed by atoms with E-state index in [1.807, 2.05) is 29.3 Å². The maximum absolute atomic E-state index is 11.2. The molecule has 5 heteroatoms. The first-order valence-corrected chi connectivity index (χ1v) is 6.75. The van der Waals surface area contributed by atoms with E-state index in [1.165, 1.54) is 0 Å². The van der Waals surface area contributed by atoms with E-state index in [0.29, 0.717) is 11.6 Å². The Balaban J connectivity index is 1.87. The van der Waals surface area contributed by atoms with Crippen molar-refractivity contribution in [3.05, 3.63) is 35.0 Å². The summed E-state index contributed by atoms with van der Waals surface area (Å²) in [4.78, 5) is 16.4. The molecule has 1 aromatic carbocycles. The molecule has 1 fully saturated rings. The second-order valence-corrected chi connectivity index (χ2v) is 5.41. The van der Waals surface area contributed by atoms with E-state index in [9.17, 15) is 9.90 Å². The van der Waals surface area contributed by atoms with Gasteiger partial charge >= 0.3 is 5.97 Å². The molecule has 0 radical (unpaired) electrons. The molecule has 4 nitrogen and oxygen atoms in total. The number of halogens is 1. The topological polar surface area (TPSA) is 56.3 Å². The summed E-state index contributed by atoms with van der Waals surface area (Å²) in [6.45, 7) is 1.51. The van der Waals surface area contributed by atoms with Gasteiger partial charge in [0, 0.05) is 28.7 Å². The molecule has 1 aliphatic heterocycles. The van der Waals surface area contributed by atoms with Gasteiger partial charge in [-0.05, 0) is 37.1 Å². The Hall–Kier alpha value is -1.52. The number of carboxylic acids is 1. The molecule has 1 atom stereocenters. The average Bonchev–Trinajstić information content (AvgIpc) is 2.97. The van der Waals surface area contributed by atoms with E-state index in [2.05, 4.69) is 4.98 Å². The molecule has 1 saturated heterocycles. The van der Waals surface area contributed by atoms with Crippen molar-refractivity contribution in [3.63, 3.8) is 0 Å². The number of rotatable bonds is 3. The van der Waals surface area contributed by atoms with Gasteiger partial charge in [0.05, 0.1) is 0 Å². The van der Waals surface area contributed by atoms with E-state index < -0.39 is 5.97 Å². The summed E-state index contributed by atoms with van der Waals surface area (Å²) < 4.78 is 0. The van der Waals surface area contributed by atoms with Gasteiger partial charge in [0.25, 0.3) is 0 Å². The molecule has 1 aromatic heterocycles. The number of fused-ring (bicyclic) bond motifs is 1. The number of carbonyl (C=O) groups is 1. The van der Waals surface area contributed by atoms with Crippen LogP contribution in [0.5, 0.6) is 0 Å². The van der Waals surface area contributed by atoms with E-state index in [-0.39, 0.29) is 6.04 Å². The third-order valence-corrected chi connectivity index (χ3v) is 3.99. The number of hydrogen-bond donors (Lipinski definition) is 2. The number of aromatic nitrogens is 1. The number of benzene rings is 1. The molecular formula is C14H15ClN2O2. The average molecular weight is 279 g/mol. The van der Waals surface area contributed by atoms with Crippen molar-refractivity contribution in [2.75, 3.05) is 6.54 Å². The first-order valence-electron chi connectivity index (χ1n) is 6.37. The first kappa shape index (κ1) is 12.5. The Bertz CT molecular complexity index is 623. The van der Waals surface area contributed by atoms with Crippen molar-refractivity contribution in [1.82, 2.24) is 9.88 Å². The molecule has 2 aromatic rings. The predicted octanol–water partition coefficient (Wildman–Crippen LogP) is 2.87. The quantitative estimate of drug-likeness (QED) is 0.908. The highest BCUT2D eigenvalue weighted by atomic mass is 35.5. The lowest BCUT2D eigenvalue weighted by atomic mass is 10.1. The smallest absolute Gasteiger partial charge is 0.320 e. The van der Waals surface area contributed by atoms with Gasteiger partial charge in [-0.1, -0.05) is 17.7 Å². The highest BCUT2D eigenvalue weighted by molar-refractivity contribution is 6.31. The van der Waals surface area contributed by atoms with E-state index in [0.717, 1.165) is 35.9 Å². The molecule has 2 N–H and O–H groups in total.